The van der Waals surface area contributed by atoms with Gasteiger partial charge in [-0.25, -0.2) is 4.68 Å². The molecular weight excluding hydrogens is 496 g/mol. The minimum Gasteiger partial charge on any atom is -0.467 e. The number of nitrogens with one attached hydrogen (secondary N) is 1. The number of aromatic amines is 1. The summed E-state index contributed by atoms with van der Waals surface area (Å²) in [5, 5.41) is 13.6. The summed E-state index contributed by atoms with van der Waals surface area (Å²) < 4.78 is 18.4. The van der Waals surface area contributed by atoms with E-state index in [1.165, 1.54) is 0 Å². The quantitative estimate of drug-likeness (QED) is 0.295. The molecule has 0 spiro atoms. The average molecular weight is 527 g/mol. The molecule has 1 atom stereocenters. The van der Waals surface area contributed by atoms with Crippen molar-refractivity contribution in [1.82, 2.24) is 30.1 Å². The zero-order valence-electron chi connectivity index (χ0n) is 22.2. The van der Waals surface area contributed by atoms with E-state index in [0.717, 1.165) is 51.3 Å². The molecule has 0 bridgehead atoms. The highest BCUT2D eigenvalue weighted by Crippen LogP contribution is 2.34. The third kappa shape index (κ3) is 4.90. The summed E-state index contributed by atoms with van der Waals surface area (Å²) in [4.78, 5) is 18.7. The molecule has 1 aliphatic heterocycles. The summed E-state index contributed by atoms with van der Waals surface area (Å²) in [6.45, 7) is 7.76. The number of nitrogens with zero attached hydrogens (tertiary/aromatic N) is 5. The van der Waals surface area contributed by atoms with Gasteiger partial charge in [0, 0.05) is 18.7 Å². The molecule has 0 saturated heterocycles. The SMILES string of the molecule is CCC(c1nnnn1Cc1ccco1)N(Cc1ccc2c(c1)OCO2)Cc1cc2ccc(C)c(C)c2[nH]c1=O. The molecule has 10 heteroatoms. The van der Waals surface area contributed by atoms with Crippen molar-refractivity contribution >= 4 is 10.9 Å². The van der Waals surface area contributed by atoms with Gasteiger partial charge in [-0.2, -0.15) is 0 Å². The molecule has 1 N–H and O–H groups in total. The summed E-state index contributed by atoms with van der Waals surface area (Å²) in [5.74, 6) is 2.92. The molecule has 39 heavy (non-hydrogen) atoms. The van der Waals surface area contributed by atoms with Crippen LogP contribution in [0.1, 0.15) is 53.2 Å². The molecule has 5 aromatic rings. The fourth-order valence-electron chi connectivity index (χ4n) is 5.17. The van der Waals surface area contributed by atoms with Crippen LogP contribution in [-0.2, 0) is 19.6 Å². The summed E-state index contributed by atoms with van der Waals surface area (Å²) >= 11 is 0. The van der Waals surface area contributed by atoms with Crippen LogP contribution in [0.4, 0.5) is 0 Å². The smallest absolute Gasteiger partial charge is 0.252 e. The third-order valence-electron chi connectivity index (χ3n) is 7.39. The minimum atomic E-state index is -0.171. The van der Waals surface area contributed by atoms with Crippen molar-refractivity contribution in [3.63, 3.8) is 0 Å². The number of pyridine rings is 1. The summed E-state index contributed by atoms with van der Waals surface area (Å²) in [7, 11) is 0. The maximum Gasteiger partial charge on any atom is 0.252 e. The van der Waals surface area contributed by atoms with Crippen molar-refractivity contribution in [3.05, 3.63) is 99.0 Å². The molecule has 200 valence electrons. The van der Waals surface area contributed by atoms with Crippen molar-refractivity contribution in [3.8, 4) is 11.5 Å². The maximum atomic E-state index is 13.3. The van der Waals surface area contributed by atoms with Gasteiger partial charge in [-0.1, -0.05) is 25.1 Å². The number of benzene rings is 2. The van der Waals surface area contributed by atoms with Gasteiger partial charge in [0.15, 0.2) is 17.3 Å². The second kappa shape index (κ2) is 10.4. The van der Waals surface area contributed by atoms with E-state index in [1.807, 2.05) is 50.2 Å². The number of aromatic nitrogens is 5. The molecule has 4 heterocycles. The highest BCUT2D eigenvalue weighted by atomic mass is 16.7. The first-order chi connectivity index (χ1) is 19.0. The van der Waals surface area contributed by atoms with Crippen molar-refractivity contribution in [2.75, 3.05) is 6.79 Å². The lowest BCUT2D eigenvalue weighted by Gasteiger charge is -2.30. The van der Waals surface area contributed by atoms with Gasteiger partial charge in [-0.15, -0.1) is 5.10 Å². The Kier molecular flexibility index (Phi) is 6.62. The topological polar surface area (TPSA) is 111 Å². The van der Waals surface area contributed by atoms with Crippen LogP contribution in [0.25, 0.3) is 10.9 Å². The van der Waals surface area contributed by atoms with E-state index >= 15 is 0 Å². The number of hydrogen-bond acceptors (Lipinski definition) is 8. The van der Waals surface area contributed by atoms with Crippen molar-refractivity contribution in [2.45, 2.75) is 52.9 Å². The van der Waals surface area contributed by atoms with Crippen molar-refractivity contribution in [2.24, 2.45) is 0 Å². The predicted octanol–water partition coefficient (Wildman–Crippen LogP) is 4.65. The highest BCUT2D eigenvalue weighted by Gasteiger charge is 2.27. The number of H-pyrrole nitrogens is 1. The van der Waals surface area contributed by atoms with E-state index in [9.17, 15) is 4.79 Å². The van der Waals surface area contributed by atoms with Gasteiger partial charge in [0.25, 0.3) is 5.56 Å². The van der Waals surface area contributed by atoms with E-state index in [0.29, 0.717) is 31.0 Å². The number of tetrazole rings is 1. The zero-order valence-corrected chi connectivity index (χ0v) is 22.2. The Morgan fingerprint density at radius 3 is 2.77 bits per heavy atom. The van der Waals surface area contributed by atoms with Crippen LogP contribution in [0, 0.1) is 13.8 Å². The van der Waals surface area contributed by atoms with E-state index in [1.54, 1.807) is 10.9 Å². The largest absolute Gasteiger partial charge is 0.467 e. The minimum absolute atomic E-state index is 0.100. The average Bonchev–Trinajstić information content (AvgIpc) is 3.71. The Morgan fingerprint density at radius 2 is 1.95 bits per heavy atom. The van der Waals surface area contributed by atoms with Gasteiger partial charge in [-0.3, -0.25) is 9.69 Å². The fraction of sp³-hybridized carbons (Fsp3) is 0.310. The van der Waals surface area contributed by atoms with E-state index in [4.69, 9.17) is 13.9 Å². The third-order valence-corrected chi connectivity index (χ3v) is 7.39. The number of fused-ring (bicyclic) bond motifs is 2. The molecule has 0 aliphatic carbocycles. The Bertz CT molecular complexity index is 1670. The molecule has 6 rings (SSSR count). The van der Waals surface area contributed by atoms with Gasteiger partial charge in [0.1, 0.15) is 12.3 Å². The molecule has 2 aromatic carbocycles. The standard InChI is InChI=1S/C29H30N6O4/c1-4-24(28-31-32-33-35(28)16-23-6-5-11-37-23)34(14-20-8-10-25-26(12-20)39-17-38-25)15-22-13-21-9-7-18(2)19(3)27(21)30-29(22)36/h5-13,24H,4,14-17H2,1-3H3,(H,30,36). The number of furan rings is 1. The van der Waals surface area contributed by atoms with Gasteiger partial charge < -0.3 is 18.9 Å². The van der Waals surface area contributed by atoms with Crippen LogP contribution in [0.3, 0.4) is 0 Å². The molecule has 3 aromatic heterocycles. The molecular formula is C29H30N6O4. The number of ether oxygens (including phenoxy) is 2. The molecule has 0 fully saturated rings. The van der Waals surface area contributed by atoms with Crippen LogP contribution in [0.5, 0.6) is 11.5 Å². The monoisotopic (exact) mass is 526 g/mol. The Balaban J connectivity index is 1.38. The lowest BCUT2D eigenvalue weighted by atomic mass is 10.0. The lowest BCUT2D eigenvalue weighted by molar-refractivity contribution is 0.160. The second-order valence-corrected chi connectivity index (χ2v) is 9.89. The normalized spacial score (nSPS) is 13.4. The molecule has 0 amide bonds. The number of aryl methyl sites for hydroxylation is 2. The first kappa shape index (κ1) is 24.9. The van der Waals surface area contributed by atoms with E-state index < -0.39 is 0 Å². The number of hydrogen-bond donors (Lipinski definition) is 1. The van der Waals surface area contributed by atoms with E-state index in [-0.39, 0.29) is 18.4 Å². The maximum absolute atomic E-state index is 13.3. The van der Waals surface area contributed by atoms with Gasteiger partial charge in [0.2, 0.25) is 6.79 Å². The van der Waals surface area contributed by atoms with Crippen molar-refractivity contribution < 1.29 is 13.9 Å². The van der Waals surface area contributed by atoms with Crippen molar-refractivity contribution in [1.29, 1.82) is 0 Å². The first-order valence-electron chi connectivity index (χ1n) is 13.0. The highest BCUT2D eigenvalue weighted by molar-refractivity contribution is 5.83. The van der Waals surface area contributed by atoms with Crippen LogP contribution in [0.2, 0.25) is 0 Å². The fourth-order valence-corrected chi connectivity index (χ4v) is 5.17. The first-order valence-corrected chi connectivity index (χ1v) is 13.0. The van der Waals surface area contributed by atoms with Crippen LogP contribution < -0.4 is 15.0 Å². The summed E-state index contributed by atoms with van der Waals surface area (Å²) in [6, 6.07) is 15.6. The molecule has 10 nitrogen and oxygen atoms in total. The van der Waals surface area contributed by atoms with E-state index in [2.05, 4.69) is 44.5 Å². The van der Waals surface area contributed by atoms with Crippen LogP contribution in [-0.4, -0.2) is 36.9 Å². The number of rotatable bonds is 9. The second-order valence-electron chi connectivity index (χ2n) is 9.89. The Hall–Kier alpha value is -4.44. The summed E-state index contributed by atoms with van der Waals surface area (Å²) in [5.41, 5.74) is 4.71. The van der Waals surface area contributed by atoms with Gasteiger partial charge in [-0.05, 0) is 83.1 Å². The molecule has 0 saturated carbocycles. The zero-order chi connectivity index (χ0) is 26.9. The van der Waals surface area contributed by atoms with Crippen LogP contribution >= 0.6 is 0 Å². The Morgan fingerprint density at radius 1 is 1.08 bits per heavy atom. The lowest BCUT2D eigenvalue weighted by Crippen LogP contribution is -2.32. The summed E-state index contributed by atoms with van der Waals surface area (Å²) in [6.07, 6.45) is 2.37. The Labute approximate surface area is 225 Å². The predicted molar refractivity (Wildman–Crippen MR) is 145 cm³/mol. The van der Waals surface area contributed by atoms with Gasteiger partial charge >= 0.3 is 0 Å². The molecule has 1 aliphatic rings. The van der Waals surface area contributed by atoms with Crippen LogP contribution in [0.15, 0.2) is 64.0 Å². The molecule has 0 radical (unpaired) electrons. The molecule has 1 unspecified atom stereocenters. The van der Waals surface area contributed by atoms with Gasteiger partial charge in [0.05, 0.1) is 17.8 Å².